The Kier molecular flexibility index (Phi) is 4.15. The molecule has 0 aliphatic carbocycles. The van der Waals surface area contributed by atoms with Crippen molar-refractivity contribution < 1.29 is 27.5 Å². The minimum Gasteiger partial charge on any atom is -0.475 e. The van der Waals surface area contributed by atoms with Gasteiger partial charge in [0.15, 0.2) is 11.6 Å². The molecule has 0 saturated carbocycles. The molecule has 0 unspecified atom stereocenters. The van der Waals surface area contributed by atoms with Crippen molar-refractivity contribution in [2.75, 3.05) is 0 Å². The summed E-state index contributed by atoms with van der Waals surface area (Å²) in [4.78, 5) is 18.3. The zero-order chi connectivity index (χ0) is 17.4. The number of benzene rings is 1. The van der Waals surface area contributed by atoms with Gasteiger partial charge in [-0.1, -0.05) is 11.6 Å². The van der Waals surface area contributed by atoms with Gasteiger partial charge in [0.2, 0.25) is 5.76 Å². The highest BCUT2D eigenvalue weighted by molar-refractivity contribution is 6.31. The number of halogens is 4. The molecule has 0 fully saturated rings. The second kappa shape index (κ2) is 6.12. The first-order valence-corrected chi connectivity index (χ1v) is 6.97. The molecule has 2 heterocycles. The molecular formula is C15H8ClF3N2O3. The number of pyridine rings is 1. The topological polar surface area (TPSA) is 76.2 Å². The maximum atomic E-state index is 14.1. The van der Waals surface area contributed by atoms with E-state index >= 15 is 0 Å². The van der Waals surface area contributed by atoms with Crippen LogP contribution in [0.1, 0.15) is 34.1 Å². The highest BCUT2D eigenvalue weighted by Gasteiger charge is 2.26. The number of fused-ring (bicyclic) bond motifs is 1. The van der Waals surface area contributed by atoms with Gasteiger partial charge in [-0.05, 0) is 23.8 Å². The molecule has 0 spiro atoms. The van der Waals surface area contributed by atoms with Crippen LogP contribution in [0.15, 0.2) is 28.8 Å². The summed E-state index contributed by atoms with van der Waals surface area (Å²) in [5.41, 5.74) is -0.499. The van der Waals surface area contributed by atoms with E-state index in [1.807, 2.05) is 0 Å². The van der Waals surface area contributed by atoms with Crippen LogP contribution in [0.2, 0.25) is 5.02 Å². The van der Waals surface area contributed by atoms with Gasteiger partial charge in [-0.15, -0.1) is 0 Å². The normalized spacial score (nSPS) is 11.4. The molecule has 0 radical (unpaired) electrons. The molecule has 1 N–H and O–H groups in total. The van der Waals surface area contributed by atoms with Crippen LogP contribution < -0.4 is 0 Å². The van der Waals surface area contributed by atoms with Crippen LogP contribution in [0.5, 0.6) is 0 Å². The summed E-state index contributed by atoms with van der Waals surface area (Å²) in [6.45, 7) is 0. The van der Waals surface area contributed by atoms with Crippen molar-refractivity contribution in [2.24, 2.45) is 0 Å². The van der Waals surface area contributed by atoms with Crippen molar-refractivity contribution in [1.82, 2.24) is 9.97 Å². The third-order valence-electron chi connectivity index (χ3n) is 3.22. The molecule has 0 aliphatic heterocycles. The third-order valence-corrected chi connectivity index (χ3v) is 3.42. The predicted molar refractivity (Wildman–Crippen MR) is 77.9 cm³/mol. The number of oxazole rings is 1. The molecule has 2 aromatic heterocycles. The van der Waals surface area contributed by atoms with Gasteiger partial charge in [-0.2, -0.15) is 0 Å². The lowest BCUT2D eigenvalue weighted by molar-refractivity contribution is 0.0644. The van der Waals surface area contributed by atoms with E-state index in [-0.39, 0.29) is 17.8 Å². The number of aromatic nitrogens is 2. The van der Waals surface area contributed by atoms with E-state index in [9.17, 15) is 18.0 Å². The van der Waals surface area contributed by atoms with Crippen LogP contribution in [-0.2, 0) is 6.42 Å². The molecule has 0 saturated heterocycles. The number of carboxylic acids is 1. The minimum absolute atomic E-state index is 0.107. The molecule has 0 atom stereocenters. The van der Waals surface area contributed by atoms with Crippen molar-refractivity contribution in [1.29, 1.82) is 0 Å². The van der Waals surface area contributed by atoms with Crippen LogP contribution >= 0.6 is 11.6 Å². The lowest BCUT2D eigenvalue weighted by Gasteiger charge is -2.03. The number of nitrogens with zero attached hydrogens (tertiary/aromatic N) is 2. The van der Waals surface area contributed by atoms with Crippen molar-refractivity contribution in [2.45, 2.75) is 12.8 Å². The van der Waals surface area contributed by atoms with Gasteiger partial charge >= 0.3 is 5.97 Å². The number of carboxylic acid groups (broad SMARTS) is 1. The first-order chi connectivity index (χ1) is 11.3. The number of carbonyl (C=O) groups is 1. The zero-order valence-corrected chi connectivity index (χ0v) is 12.5. The van der Waals surface area contributed by atoms with E-state index in [0.29, 0.717) is 16.0 Å². The average molecular weight is 357 g/mol. The minimum atomic E-state index is -3.09. The molecule has 0 aliphatic rings. The zero-order valence-electron chi connectivity index (χ0n) is 11.8. The van der Waals surface area contributed by atoms with E-state index in [4.69, 9.17) is 21.1 Å². The lowest BCUT2D eigenvalue weighted by Crippen LogP contribution is -1.99. The first-order valence-electron chi connectivity index (χ1n) is 6.60. The average Bonchev–Trinajstić information content (AvgIpc) is 2.91. The molecule has 24 heavy (non-hydrogen) atoms. The van der Waals surface area contributed by atoms with Gasteiger partial charge in [0.05, 0.1) is 5.02 Å². The van der Waals surface area contributed by atoms with Gasteiger partial charge < -0.3 is 9.52 Å². The molecular weight excluding hydrogens is 349 g/mol. The van der Waals surface area contributed by atoms with Gasteiger partial charge in [0.1, 0.15) is 11.3 Å². The Labute approximate surface area is 137 Å². The summed E-state index contributed by atoms with van der Waals surface area (Å²) in [5, 5.41) is 9.58. The fraction of sp³-hybridized carbons (Fsp3) is 0.133. The van der Waals surface area contributed by atoms with Crippen LogP contribution in [0, 0.1) is 5.82 Å². The molecule has 3 rings (SSSR count). The molecule has 5 nitrogen and oxygen atoms in total. The number of aromatic carboxylic acids is 1. The summed E-state index contributed by atoms with van der Waals surface area (Å²) >= 11 is 5.81. The monoisotopic (exact) mass is 356 g/mol. The summed E-state index contributed by atoms with van der Waals surface area (Å²) in [6.07, 6.45) is -1.95. The van der Waals surface area contributed by atoms with Crippen LogP contribution in [0.4, 0.5) is 13.2 Å². The van der Waals surface area contributed by atoms with Crippen molar-refractivity contribution in [3.8, 4) is 0 Å². The largest absolute Gasteiger partial charge is 0.475 e. The predicted octanol–water partition coefficient (Wildman–Crippen LogP) is 4.24. The van der Waals surface area contributed by atoms with E-state index in [1.54, 1.807) is 6.07 Å². The van der Waals surface area contributed by atoms with Gasteiger partial charge in [0.25, 0.3) is 6.43 Å². The molecule has 1 aromatic carbocycles. The fourth-order valence-corrected chi connectivity index (χ4v) is 2.43. The Hall–Kier alpha value is -2.61. The number of hydrogen-bond donors (Lipinski definition) is 1. The smallest absolute Gasteiger partial charge is 0.374 e. The van der Waals surface area contributed by atoms with Gasteiger partial charge in [-0.3, -0.25) is 4.98 Å². The van der Waals surface area contributed by atoms with Crippen LogP contribution in [0.25, 0.3) is 10.9 Å². The fourth-order valence-electron chi connectivity index (χ4n) is 2.27. The Bertz CT molecular complexity index is 943. The highest BCUT2D eigenvalue weighted by Crippen LogP contribution is 2.26. The highest BCUT2D eigenvalue weighted by atomic mass is 35.5. The Balaban J connectivity index is 2.01. The molecule has 9 heteroatoms. The molecule has 124 valence electrons. The summed E-state index contributed by atoms with van der Waals surface area (Å²) < 4.78 is 44.5. The molecule has 3 aromatic rings. The summed E-state index contributed by atoms with van der Waals surface area (Å²) in [6, 6.07) is 4.19. The van der Waals surface area contributed by atoms with E-state index < -0.39 is 29.7 Å². The first kappa shape index (κ1) is 16.3. The Morgan fingerprint density at radius 2 is 2.08 bits per heavy atom. The van der Waals surface area contributed by atoms with E-state index in [2.05, 4.69) is 9.97 Å². The van der Waals surface area contributed by atoms with E-state index in [1.165, 1.54) is 12.3 Å². The maximum Gasteiger partial charge on any atom is 0.374 e. The number of hydrogen-bond acceptors (Lipinski definition) is 4. The maximum absolute atomic E-state index is 14.1. The Morgan fingerprint density at radius 1 is 1.33 bits per heavy atom. The van der Waals surface area contributed by atoms with Crippen molar-refractivity contribution in [3.05, 3.63) is 58.1 Å². The van der Waals surface area contributed by atoms with Crippen LogP contribution in [-0.4, -0.2) is 21.0 Å². The van der Waals surface area contributed by atoms with Crippen LogP contribution in [0.3, 0.4) is 0 Å². The molecule has 0 bridgehead atoms. The second-order valence-electron chi connectivity index (χ2n) is 4.91. The SMILES string of the molecule is O=C(O)c1oc(Cc2cc(F)c3ncc(Cl)cc3c2)nc1C(F)F. The number of alkyl halides is 2. The standard InChI is InChI=1S/C15H8ClF3N2O3/c16-8-4-7-1-6(2-9(17)11(7)20-5-8)3-10-21-12(14(18)19)13(24-10)15(22)23/h1-2,4-5,14H,3H2,(H,22,23). The third kappa shape index (κ3) is 3.05. The quantitative estimate of drug-likeness (QED) is 0.756. The van der Waals surface area contributed by atoms with E-state index in [0.717, 1.165) is 6.07 Å². The summed E-state index contributed by atoms with van der Waals surface area (Å²) in [7, 11) is 0. The van der Waals surface area contributed by atoms with Crippen molar-refractivity contribution in [3.63, 3.8) is 0 Å². The lowest BCUT2D eigenvalue weighted by atomic mass is 10.1. The van der Waals surface area contributed by atoms with Crippen molar-refractivity contribution >= 4 is 28.5 Å². The Morgan fingerprint density at radius 3 is 2.71 bits per heavy atom. The van der Waals surface area contributed by atoms with Gasteiger partial charge in [0, 0.05) is 18.0 Å². The van der Waals surface area contributed by atoms with Gasteiger partial charge in [-0.25, -0.2) is 22.9 Å². The summed E-state index contributed by atoms with van der Waals surface area (Å²) in [5.74, 6) is -3.45. The molecule has 0 amide bonds. The second-order valence-corrected chi connectivity index (χ2v) is 5.34. The number of rotatable bonds is 4.